The summed E-state index contributed by atoms with van der Waals surface area (Å²) in [6.45, 7) is 4.73. The number of nitrogens with one attached hydrogen (secondary N) is 1. The number of nitrogens with zero attached hydrogens (tertiary/aromatic N) is 2. The van der Waals surface area contributed by atoms with Gasteiger partial charge in [0.2, 0.25) is 0 Å². The average molecular weight is 442 g/mol. The van der Waals surface area contributed by atoms with Crippen LogP contribution in [-0.4, -0.2) is 22.6 Å². The van der Waals surface area contributed by atoms with E-state index in [9.17, 15) is 4.79 Å². The zero-order chi connectivity index (χ0) is 23.2. The number of imidazole rings is 1. The molecular weight excluding hydrogens is 410 g/mol. The molecule has 4 aromatic rings. The van der Waals surface area contributed by atoms with Crippen molar-refractivity contribution in [1.82, 2.24) is 14.9 Å². The van der Waals surface area contributed by atoms with Gasteiger partial charge in [0.15, 0.2) is 0 Å². The van der Waals surface area contributed by atoms with E-state index >= 15 is 0 Å². The normalized spacial score (nSPS) is 11.7. The van der Waals surface area contributed by atoms with Crippen LogP contribution in [0.3, 0.4) is 0 Å². The van der Waals surface area contributed by atoms with E-state index < -0.39 is 0 Å². The van der Waals surface area contributed by atoms with Crippen molar-refractivity contribution in [2.24, 2.45) is 0 Å². The van der Waals surface area contributed by atoms with Gasteiger partial charge in [-0.1, -0.05) is 79.7 Å². The van der Waals surface area contributed by atoms with Crippen LogP contribution in [0.4, 0.5) is 0 Å². The van der Waals surface area contributed by atoms with Gasteiger partial charge in [0.05, 0.1) is 13.2 Å². The number of carbonyl (C=O) groups is 1. The molecule has 1 amide bonds. The molecule has 1 aromatic heterocycles. The molecule has 0 saturated carbocycles. The maximum Gasteiger partial charge on any atom is 0.270 e. The van der Waals surface area contributed by atoms with E-state index in [0.29, 0.717) is 17.9 Å². The lowest BCUT2D eigenvalue weighted by molar-refractivity contribution is 0.0927. The third-order valence-electron chi connectivity index (χ3n) is 5.79. The third kappa shape index (κ3) is 4.67. The summed E-state index contributed by atoms with van der Waals surface area (Å²) in [5, 5.41) is 3.25. The number of carbonyl (C=O) groups excluding carboxylic acids is 1. The van der Waals surface area contributed by atoms with Crippen LogP contribution in [0.1, 0.15) is 43.8 Å². The van der Waals surface area contributed by atoms with Crippen LogP contribution in [0.15, 0.2) is 84.9 Å². The lowest BCUT2D eigenvalue weighted by Crippen LogP contribution is -2.30. The number of rotatable bonds is 8. The molecule has 0 aliphatic carbocycles. The first kappa shape index (κ1) is 22.3. The zero-order valence-electron chi connectivity index (χ0n) is 19.3. The largest absolute Gasteiger partial charge is 0.497 e. The number of hydrogen-bond acceptors (Lipinski definition) is 3. The molecule has 170 valence electrons. The highest BCUT2D eigenvalue weighted by molar-refractivity contribution is 6.00. The smallest absolute Gasteiger partial charge is 0.270 e. The molecule has 0 unspecified atom stereocenters. The Morgan fingerprint density at radius 1 is 0.970 bits per heavy atom. The SMILES string of the molecule is CC[C@H](NC(=O)c1c(-c2cccc(OC)c2)nc(-c2ccccc2)n1CC)c1ccccc1.[HH]. The van der Waals surface area contributed by atoms with E-state index in [-0.39, 0.29) is 13.4 Å². The highest BCUT2D eigenvalue weighted by atomic mass is 16.5. The van der Waals surface area contributed by atoms with Crippen molar-refractivity contribution in [3.8, 4) is 28.4 Å². The van der Waals surface area contributed by atoms with E-state index in [1.165, 1.54) is 0 Å². The van der Waals surface area contributed by atoms with Crippen LogP contribution < -0.4 is 10.1 Å². The van der Waals surface area contributed by atoms with E-state index in [1.54, 1.807) is 7.11 Å². The van der Waals surface area contributed by atoms with Crippen molar-refractivity contribution in [3.05, 3.63) is 96.2 Å². The first-order chi connectivity index (χ1) is 16.2. The van der Waals surface area contributed by atoms with Gasteiger partial charge in [-0.25, -0.2) is 4.98 Å². The molecule has 1 heterocycles. The van der Waals surface area contributed by atoms with Gasteiger partial charge in [-0.3, -0.25) is 4.79 Å². The van der Waals surface area contributed by atoms with E-state index in [2.05, 4.69) is 12.2 Å². The Hall–Kier alpha value is -3.86. The van der Waals surface area contributed by atoms with E-state index in [0.717, 1.165) is 34.7 Å². The molecule has 3 aromatic carbocycles. The monoisotopic (exact) mass is 441 g/mol. The number of amides is 1. The molecule has 1 atom stereocenters. The lowest BCUT2D eigenvalue weighted by Gasteiger charge is -2.19. The van der Waals surface area contributed by atoms with Crippen LogP contribution in [0.2, 0.25) is 0 Å². The lowest BCUT2D eigenvalue weighted by atomic mass is 10.0. The molecule has 4 rings (SSSR count). The second-order valence-corrected chi connectivity index (χ2v) is 7.82. The Morgan fingerprint density at radius 2 is 1.64 bits per heavy atom. The number of aromatic nitrogens is 2. The van der Waals surface area contributed by atoms with Crippen molar-refractivity contribution in [1.29, 1.82) is 0 Å². The fourth-order valence-corrected chi connectivity index (χ4v) is 4.10. The fraction of sp³-hybridized carbons (Fsp3) is 0.214. The molecule has 0 saturated heterocycles. The minimum atomic E-state index is -0.139. The van der Waals surface area contributed by atoms with Crippen LogP contribution in [-0.2, 0) is 6.54 Å². The Morgan fingerprint density at radius 3 is 2.27 bits per heavy atom. The second-order valence-electron chi connectivity index (χ2n) is 7.82. The summed E-state index contributed by atoms with van der Waals surface area (Å²) < 4.78 is 7.43. The van der Waals surface area contributed by atoms with Gasteiger partial charge in [-0.2, -0.15) is 0 Å². The van der Waals surface area contributed by atoms with Crippen molar-refractivity contribution in [2.75, 3.05) is 7.11 Å². The third-order valence-corrected chi connectivity index (χ3v) is 5.79. The second kappa shape index (κ2) is 10.2. The average Bonchev–Trinajstić information content (AvgIpc) is 3.28. The highest BCUT2D eigenvalue weighted by Crippen LogP contribution is 2.32. The summed E-state index contributed by atoms with van der Waals surface area (Å²) in [7, 11) is 1.64. The molecule has 1 N–H and O–H groups in total. The molecular formula is C28H31N3O2. The molecule has 0 aliphatic rings. The minimum Gasteiger partial charge on any atom is -0.497 e. The highest BCUT2D eigenvalue weighted by Gasteiger charge is 2.26. The van der Waals surface area contributed by atoms with Gasteiger partial charge in [0.25, 0.3) is 5.91 Å². The van der Waals surface area contributed by atoms with Gasteiger partial charge in [0.1, 0.15) is 23.0 Å². The van der Waals surface area contributed by atoms with Gasteiger partial charge in [0, 0.05) is 19.1 Å². The molecule has 0 radical (unpaired) electrons. The van der Waals surface area contributed by atoms with Crippen LogP contribution in [0.5, 0.6) is 5.75 Å². The summed E-state index contributed by atoms with van der Waals surface area (Å²) in [5.41, 5.74) is 4.10. The number of methoxy groups -OCH3 is 1. The van der Waals surface area contributed by atoms with Crippen molar-refractivity contribution in [3.63, 3.8) is 0 Å². The van der Waals surface area contributed by atoms with Gasteiger partial charge in [-0.15, -0.1) is 0 Å². The maximum atomic E-state index is 13.8. The molecule has 5 heteroatoms. The Bertz CT molecular complexity index is 1220. The predicted molar refractivity (Wildman–Crippen MR) is 134 cm³/mol. The summed E-state index contributed by atoms with van der Waals surface area (Å²) in [6.07, 6.45) is 0.788. The first-order valence-corrected chi connectivity index (χ1v) is 11.3. The Labute approximate surface area is 196 Å². The summed E-state index contributed by atoms with van der Waals surface area (Å²) >= 11 is 0. The molecule has 33 heavy (non-hydrogen) atoms. The fourth-order valence-electron chi connectivity index (χ4n) is 4.10. The Kier molecular flexibility index (Phi) is 6.89. The molecule has 5 nitrogen and oxygen atoms in total. The summed E-state index contributed by atoms with van der Waals surface area (Å²) in [6, 6.07) is 27.7. The standard InChI is InChI=1S/C28H29N3O2.H2/c1-4-24(20-13-8-6-9-14-20)29-28(32)26-25(22-17-12-18-23(19-22)33-3)30-27(31(26)5-2)21-15-10-7-11-16-21;/h6-19,24H,4-5H2,1-3H3,(H,29,32);1H/t24-;/m0./s1. The predicted octanol–water partition coefficient (Wildman–Crippen LogP) is 6.37. The van der Waals surface area contributed by atoms with Gasteiger partial charge in [-0.05, 0) is 31.0 Å². The van der Waals surface area contributed by atoms with Crippen molar-refractivity contribution < 1.29 is 11.0 Å². The van der Waals surface area contributed by atoms with Gasteiger partial charge >= 0.3 is 0 Å². The Balaban J connectivity index is 0.00000324. The summed E-state index contributed by atoms with van der Waals surface area (Å²) in [4.78, 5) is 18.7. The zero-order valence-corrected chi connectivity index (χ0v) is 19.3. The number of ether oxygens (including phenoxy) is 1. The van der Waals surface area contributed by atoms with Crippen LogP contribution >= 0.6 is 0 Å². The number of benzene rings is 3. The molecule has 0 spiro atoms. The molecule has 0 bridgehead atoms. The molecule has 0 fully saturated rings. The first-order valence-electron chi connectivity index (χ1n) is 11.3. The van der Waals surface area contributed by atoms with E-state index in [1.807, 2.05) is 96.4 Å². The maximum absolute atomic E-state index is 13.8. The van der Waals surface area contributed by atoms with Crippen LogP contribution in [0.25, 0.3) is 22.6 Å². The topological polar surface area (TPSA) is 56.1 Å². The summed E-state index contributed by atoms with van der Waals surface area (Å²) in [5.74, 6) is 1.36. The molecule has 0 aliphatic heterocycles. The van der Waals surface area contributed by atoms with E-state index in [4.69, 9.17) is 9.72 Å². The van der Waals surface area contributed by atoms with Crippen molar-refractivity contribution in [2.45, 2.75) is 32.9 Å². The van der Waals surface area contributed by atoms with Gasteiger partial charge < -0.3 is 14.6 Å². The van der Waals surface area contributed by atoms with Crippen molar-refractivity contribution >= 4 is 5.91 Å². The van der Waals surface area contributed by atoms with Crippen LogP contribution in [0, 0.1) is 0 Å². The quantitative estimate of drug-likeness (QED) is 0.345. The minimum absolute atomic E-state index is 0. The number of hydrogen-bond donors (Lipinski definition) is 1.